The lowest BCUT2D eigenvalue weighted by Gasteiger charge is -2.37. The van der Waals surface area contributed by atoms with Gasteiger partial charge in [-0.3, -0.25) is 14.4 Å². The highest BCUT2D eigenvalue weighted by atomic mass is 35.5. The number of hydrogen-bond donors (Lipinski definition) is 0. The second-order valence-corrected chi connectivity index (χ2v) is 12.3. The van der Waals surface area contributed by atoms with Crippen LogP contribution in [0.25, 0.3) is 6.08 Å². The van der Waals surface area contributed by atoms with Crippen LogP contribution in [0.1, 0.15) is 73.4 Å². The van der Waals surface area contributed by atoms with Crippen molar-refractivity contribution < 1.29 is 19.1 Å². The van der Waals surface area contributed by atoms with E-state index in [1.165, 1.54) is 0 Å². The van der Waals surface area contributed by atoms with Crippen LogP contribution in [0.2, 0.25) is 5.02 Å². The average Bonchev–Trinajstić information content (AvgIpc) is 3.46. The molecule has 5 nitrogen and oxygen atoms in total. The van der Waals surface area contributed by atoms with Gasteiger partial charge < -0.3 is 9.64 Å². The van der Waals surface area contributed by atoms with Gasteiger partial charge in [0.05, 0.1) is 13.2 Å². The minimum Gasteiger partial charge on any atom is -0.497 e. The number of anilines is 1. The summed E-state index contributed by atoms with van der Waals surface area (Å²) in [6.07, 6.45) is 3.83. The number of fused-ring (bicyclic) bond motifs is 5. The molecule has 0 bridgehead atoms. The number of ether oxygens (including phenoxy) is 1. The standard InChI is InChI=1S/C37H30ClNO4/c1-21(2)22-11-13-23(14-12-22)32-33(34(40)25-7-6-8-27(20-25)43-3)39-30-17-16-26(38)19-24(30)15-18-31(39)37(32)35(41)28-9-4-5-10-29(28)36(37)42/h4-21,31-33H,1-3H3/t31-,32-,33+/m1/s1. The van der Waals surface area contributed by atoms with E-state index >= 15 is 0 Å². The number of ketones is 3. The van der Waals surface area contributed by atoms with Gasteiger partial charge in [0.25, 0.3) is 0 Å². The molecule has 3 atom stereocenters. The molecule has 43 heavy (non-hydrogen) atoms. The molecule has 1 fully saturated rings. The van der Waals surface area contributed by atoms with Gasteiger partial charge in [-0.1, -0.05) is 98.3 Å². The van der Waals surface area contributed by atoms with Crippen molar-refractivity contribution in [2.24, 2.45) is 5.41 Å². The highest BCUT2D eigenvalue weighted by Crippen LogP contribution is 2.61. The number of carbonyl (C=O) groups is 3. The lowest BCUT2D eigenvalue weighted by atomic mass is 9.64. The second kappa shape index (κ2) is 10.1. The maximum absolute atomic E-state index is 14.9. The number of nitrogens with zero attached hydrogens (tertiary/aromatic N) is 1. The van der Waals surface area contributed by atoms with Gasteiger partial charge in [0.2, 0.25) is 0 Å². The Bertz CT molecular complexity index is 1800. The van der Waals surface area contributed by atoms with E-state index in [1.54, 1.807) is 61.7 Å². The van der Waals surface area contributed by atoms with E-state index in [4.69, 9.17) is 16.3 Å². The molecule has 1 saturated heterocycles. The van der Waals surface area contributed by atoms with Gasteiger partial charge >= 0.3 is 0 Å². The number of hydrogen-bond acceptors (Lipinski definition) is 5. The zero-order valence-electron chi connectivity index (χ0n) is 24.1. The summed E-state index contributed by atoms with van der Waals surface area (Å²) in [6, 6.07) is 26.1. The molecule has 0 radical (unpaired) electrons. The lowest BCUT2D eigenvalue weighted by molar-refractivity contribution is 0.0666. The first kappa shape index (κ1) is 27.4. The van der Waals surface area contributed by atoms with Crippen molar-refractivity contribution in [1.29, 1.82) is 0 Å². The summed E-state index contributed by atoms with van der Waals surface area (Å²) in [5.41, 5.74) is 3.21. The van der Waals surface area contributed by atoms with Crippen LogP contribution in [0.3, 0.4) is 0 Å². The third kappa shape index (κ3) is 3.88. The van der Waals surface area contributed by atoms with Crippen LogP contribution >= 0.6 is 11.6 Å². The van der Waals surface area contributed by atoms with Crippen molar-refractivity contribution >= 4 is 40.7 Å². The van der Waals surface area contributed by atoms with Crippen molar-refractivity contribution in [2.45, 2.75) is 37.8 Å². The lowest BCUT2D eigenvalue weighted by Crippen LogP contribution is -2.48. The predicted octanol–water partition coefficient (Wildman–Crippen LogP) is 7.79. The molecule has 1 aliphatic carbocycles. The number of carbonyl (C=O) groups excluding carboxylic acids is 3. The first-order valence-corrected chi connectivity index (χ1v) is 14.9. The molecule has 0 amide bonds. The Hall–Kier alpha value is -4.48. The number of Topliss-reactive ketones (excluding diaryl/α,β-unsaturated/α-hetero) is 3. The molecule has 0 unspecified atom stereocenters. The summed E-state index contributed by atoms with van der Waals surface area (Å²) in [6.45, 7) is 4.24. The number of methoxy groups -OCH3 is 1. The maximum atomic E-state index is 14.9. The van der Waals surface area contributed by atoms with Crippen molar-refractivity contribution in [3.63, 3.8) is 0 Å². The van der Waals surface area contributed by atoms with Crippen LogP contribution in [0.4, 0.5) is 5.69 Å². The Kier molecular flexibility index (Phi) is 6.40. The minimum absolute atomic E-state index is 0.188. The van der Waals surface area contributed by atoms with E-state index in [0.717, 1.165) is 22.4 Å². The van der Waals surface area contributed by atoms with Crippen molar-refractivity contribution in [3.05, 3.63) is 135 Å². The Balaban J connectivity index is 1.53. The van der Waals surface area contributed by atoms with Crippen LogP contribution in [0.5, 0.6) is 5.75 Å². The first-order chi connectivity index (χ1) is 20.8. The molecule has 7 rings (SSSR count). The molecule has 1 spiro atoms. The zero-order chi connectivity index (χ0) is 30.0. The van der Waals surface area contributed by atoms with Gasteiger partial charge in [-0.25, -0.2) is 0 Å². The Morgan fingerprint density at radius 1 is 0.884 bits per heavy atom. The third-order valence-corrected chi connectivity index (χ3v) is 9.59. The maximum Gasteiger partial charge on any atom is 0.186 e. The molecule has 6 heteroatoms. The van der Waals surface area contributed by atoms with Crippen LogP contribution in [0, 0.1) is 5.41 Å². The summed E-state index contributed by atoms with van der Waals surface area (Å²) in [5.74, 6) is -0.597. The Labute approximate surface area is 255 Å². The van der Waals surface area contributed by atoms with Gasteiger partial charge in [-0.2, -0.15) is 0 Å². The molecular weight excluding hydrogens is 558 g/mol. The topological polar surface area (TPSA) is 63.7 Å². The van der Waals surface area contributed by atoms with Gasteiger partial charge in [0.1, 0.15) is 17.2 Å². The summed E-state index contributed by atoms with van der Waals surface area (Å²) in [4.78, 5) is 46.4. The quantitative estimate of drug-likeness (QED) is 0.176. The monoisotopic (exact) mass is 587 g/mol. The third-order valence-electron chi connectivity index (χ3n) is 9.35. The average molecular weight is 588 g/mol. The summed E-state index contributed by atoms with van der Waals surface area (Å²) in [5, 5.41) is 0.563. The number of rotatable bonds is 5. The normalized spacial score (nSPS) is 21.2. The minimum atomic E-state index is -1.55. The van der Waals surface area contributed by atoms with Crippen LogP contribution in [0.15, 0.2) is 97.1 Å². The van der Waals surface area contributed by atoms with Gasteiger partial charge in [0.15, 0.2) is 17.3 Å². The fourth-order valence-electron chi connectivity index (χ4n) is 7.36. The molecular formula is C37H30ClNO4. The van der Waals surface area contributed by atoms with Gasteiger partial charge in [-0.05, 0) is 52.9 Å². The number of benzene rings is 4. The van der Waals surface area contributed by atoms with E-state index in [-0.39, 0.29) is 17.3 Å². The molecule has 4 aromatic carbocycles. The van der Waals surface area contributed by atoms with Crippen molar-refractivity contribution in [1.82, 2.24) is 0 Å². The molecule has 2 aliphatic heterocycles. The molecule has 0 N–H and O–H groups in total. The SMILES string of the molecule is COc1cccc(C(=O)[C@@H]2[C@@H](c3ccc(C(C)C)cc3)C3(C(=O)c4ccccc4C3=O)[C@H]3C=Cc4cc(Cl)ccc4N23)c1. The highest BCUT2D eigenvalue weighted by molar-refractivity contribution is 6.32. The van der Waals surface area contributed by atoms with Gasteiger partial charge in [-0.15, -0.1) is 0 Å². The summed E-state index contributed by atoms with van der Waals surface area (Å²) < 4.78 is 5.46. The second-order valence-electron chi connectivity index (χ2n) is 11.8. The predicted molar refractivity (Wildman–Crippen MR) is 169 cm³/mol. The fourth-order valence-corrected chi connectivity index (χ4v) is 7.54. The van der Waals surface area contributed by atoms with E-state index in [1.807, 2.05) is 53.5 Å². The van der Waals surface area contributed by atoms with Crippen LogP contribution < -0.4 is 9.64 Å². The van der Waals surface area contributed by atoms with Crippen LogP contribution in [-0.2, 0) is 0 Å². The van der Waals surface area contributed by atoms with Crippen LogP contribution in [-0.4, -0.2) is 36.5 Å². The molecule has 0 saturated carbocycles. The zero-order valence-corrected chi connectivity index (χ0v) is 24.8. The molecule has 214 valence electrons. The van der Waals surface area contributed by atoms with E-state index in [0.29, 0.717) is 33.4 Å². The summed E-state index contributed by atoms with van der Waals surface area (Å²) in [7, 11) is 1.56. The smallest absolute Gasteiger partial charge is 0.186 e. The fraction of sp³-hybridized carbons (Fsp3) is 0.216. The Morgan fingerprint density at radius 2 is 1.58 bits per heavy atom. The largest absolute Gasteiger partial charge is 0.497 e. The molecule has 4 aromatic rings. The molecule has 2 heterocycles. The van der Waals surface area contributed by atoms with E-state index < -0.39 is 23.4 Å². The molecule has 0 aromatic heterocycles. The van der Waals surface area contributed by atoms with Gasteiger partial charge in [0, 0.05) is 33.3 Å². The number of halogens is 1. The molecule has 3 aliphatic rings. The first-order valence-electron chi connectivity index (χ1n) is 14.5. The van der Waals surface area contributed by atoms with Crippen molar-refractivity contribution in [2.75, 3.05) is 12.0 Å². The van der Waals surface area contributed by atoms with Crippen molar-refractivity contribution in [3.8, 4) is 5.75 Å². The van der Waals surface area contributed by atoms with E-state index in [9.17, 15) is 14.4 Å². The van der Waals surface area contributed by atoms with E-state index in [2.05, 4.69) is 13.8 Å². The summed E-state index contributed by atoms with van der Waals surface area (Å²) >= 11 is 6.40. The highest BCUT2D eigenvalue weighted by Gasteiger charge is 2.71. The Morgan fingerprint density at radius 3 is 2.23 bits per heavy atom.